The lowest BCUT2D eigenvalue weighted by molar-refractivity contribution is 0.186. The van der Waals surface area contributed by atoms with E-state index in [1.54, 1.807) is 6.92 Å². The molecule has 0 saturated heterocycles. The van der Waals surface area contributed by atoms with Crippen LogP contribution in [-0.4, -0.2) is 16.3 Å². The number of hydrogen-bond donors (Lipinski definition) is 0. The molecule has 0 spiro atoms. The predicted molar refractivity (Wildman–Crippen MR) is 70.3 cm³/mol. The fourth-order valence-electron chi connectivity index (χ4n) is 1.60. The second-order valence-electron chi connectivity index (χ2n) is 4.56. The molecule has 2 rings (SSSR count). The minimum atomic E-state index is -0.280. The number of rotatable bonds is 5. The molecule has 0 radical (unpaired) electrons. The van der Waals surface area contributed by atoms with Crippen LogP contribution in [0.1, 0.15) is 38.7 Å². The lowest BCUT2D eigenvalue weighted by Crippen LogP contribution is -2.06. The monoisotopic (exact) mass is 262 g/mol. The molecular formula is C14H18N2O3. The number of aryl methyl sites for hydroxylation is 1. The highest BCUT2D eigenvalue weighted by molar-refractivity contribution is 5.31. The minimum absolute atomic E-state index is 0.159. The van der Waals surface area contributed by atoms with Gasteiger partial charge >= 0.3 is 0 Å². The molecule has 0 saturated carbocycles. The van der Waals surface area contributed by atoms with Crippen LogP contribution in [0.3, 0.4) is 0 Å². The van der Waals surface area contributed by atoms with Crippen LogP contribution < -0.4 is 9.47 Å². The first-order valence-corrected chi connectivity index (χ1v) is 6.28. The van der Waals surface area contributed by atoms with Crippen LogP contribution in [0.25, 0.3) is 0 Å². The first kappa shape index (κ1) is 13.4. The highest BCUT2D eigenvalue weighted by atomic mass is 16.5. The minimum Gasteiger partial charge on any atom is -0.491 e. The van der Waals surface area contributed by atoms with Crippen molar-refractivity contribution in [3.8, 4) is 11.5 Å². The second kappa shape index (κ2) is 5.73. The second-order valence-corrected chi connectivity index (χ2v) is 4.56. The van der Waals surface area contributed by atoms with Gasteiger partial charge in [0, 0.05) is 6.92 Å². The summed E-state index contributed by atoms with van der Waals surface area (Å²) in [6.45, 7) is 7.60. The molecule has 0 amide bonds. The summed E-state index contributed by atoms with van der Waals surface area (Å²) in [7, 11) is 0. The highest BCUT2D eigenvalue weighted by Crippen LogP contribution is 2.23. The van der Waals surface area contributed by atoms with Gasteiger partial charge in [-0.2, -0.15) is 0 Å². The first-order valence-electron chi connectivity index (χ1n) is 6.28. The third kappa shape index (κ3) is 3.71. The van der Waals surface area contributed by atoms with Crippen molar-refractivity contribution in [2.75, 3.05) is 0 Å². The molecule has 5 nitrogen and oxygen atoms in total. The normalized spacial score (nSPS) is 12.5. The quantitative estimate of drug-likeness (QED) is 0.827. The Labute approximate surface area is 112 Å². The fourth-order valence-corrected chi connectivity index (χ4v) is 1.60. The average Bonchev–Trinajstić information content (AvgIpc) is 2.78. The van der Waals surface area contributed by atoms with E-state index in [4.69, 9.17) is 13.9 Å². The summed E-state index contributed by atoms with van der Waals surface area (Å²) in [4.78, 5) is 0. The van der Waals surface area contributed by atoms with Gasteiger partial charge in [0.15, 0.2) is 6.10 Å². The molecule has 0 bridgehead atoms. The van der Waals surface area contributed by atoms with E-state index in [0.717, 1.165) is 11.5 Å². The molecule has 0 aliphatic rings. The van der Waals surface area contributed by atoms with E-state index in [1.165, 1.54) is 0 Å². The van der Waals surface area contributed by atoms with E-state index in [-0.39, 0.29) is 12.2 Å². The number of nitrogens with zero attached hydrogens (tertiary/aromatic N) is 2. The summed E-state index contributed by atoms with van der Waals surface area (Å²) in [5.41, 5.74) is 0. The first-order chi connectivity index (χ1) is 9.04. The zero-order chi connectivity index (χ0) is 13.8. The number of hydrogen-bond acceptors (Lipinski definition) is 5. The van der Waals surface area contributed by atoms with Crippen molar-refractivity contribution in [1.82, 2.24) is 10.2 Å². The summed E-state index contributed by atoms with van der Waals surface area (Å²) in [6.07, 6.45) is -0.120. The zero-order valence-electron chi connectivity index (χ0n) is 11.6. The molecule has 0 N–H and O–H groups in total. The number of aromatic nitrogens is 2. The summed E-state index contributed by atoms with van der Waals surface area (Å²) >= 11 is 0. The van der Waals surface area contributed by atoms with E-state index in [1.807, 2.05) is 45.0 Å². The van der Waals surface area contributed by atoms with E-state index >= 15 is 0 Å². The zero-order valence-corrected chi connectivity index (χ0v) is 11.6. The summed E-state index contributed by atoms with van der Waals surface area (Å²) in [6, 6.07) is 7.47. The average molecular weight is 262 g/mol. The molecule has 1 heterocycles. The van der Waals surface area contributed by atoms with E-state index < -0.39 is 0 Å². The van der Waals surface area contributed by atoms with Gasteiger partial charge in [0.2, 0.25) is 5.89 Å². The number of ether oxygens (including phenoxy) is 2. The van der Waals surface area contributed by atoms with Crippen molar-refractivity contribution in [3.05, 3.63) is 36.0 Å². The van der Waals surface area contributed by atoms with Crippen molar-refractivity contribution in [2.45, 2.75) is 39.9 Å². The molecule has 1 aromatic heterocycles. The van der Waals surface area contributed by atoms with Gasteiger partial charge in [0.05, 0.1) is 6.10 Å². The van der Waals surface area contributed by atoms with Crippen LogP contribution in [0.5, 0.6) is 11.5 Å². The Balaban J connectivity index is 1.99. The maximum absolute atomic E-state index is 5.72. The van der Waals surface area contributed by atoms with Crippen molar-refractivity contribution >= 4 is 0 Å². The van der Waals surface area contributed by atoms with Gasteiger partial charge in [0.1, 0.15) is 11.5 Å². The number of benzene rings is 1. The lowest BCUT2D eigenvalue weighted by Gasteiger charge is -2.13. The molecule has 102 valence electrons. The summed E-state index contributed by atoms with van der Waals surface area (Å²) in [5.74, 6) is 2.56. The van der Waals surface area contributed by atoms with E-state index in [9.17, 15) is 0 Å². The highest BCUT2D eigenvalue weighted by Gasteiger charge is 2.14. The third-order valence-corrected chi connectivity index (χ3v) is 2.40. The van der Waals surface area contributed by atoms with Gasteiger partial charge in [-0.3, -0.25) is 0 Å². The molecule has 5 heteroatoms. The van der Waals surface area contributed by atoms with Crippen LogP contribution in [0, 0.1) is 6.92 Å². The smallest absolute Gasteiger partial charge is 0.256 e. The van der Waals surface area contributed by atoms with Crippen molar-refractivity contribution in [3.63, 3.8) is 0 Å². The molecule has 1 aromatic carbocycles. The van der Waals surface area contributed by atoms with Crippen molar-refractivity contribution in [1.29, 1.82) is 0 Å². The summed E-state index contributed by atoms with van der Waals surface area (Å²) < 4.78 is 16.6. The Hall–Kier alpha value is -2.04. The van der Waals surface area contributed by atoms with Gasteiger partial charge < -0.3 is 13.9 Å². The maximum atomic E-state index is 5.72. The predicted octanol–water partition coefficient (Wildman–Crippen LogP) is 3.31. The van der Waals surface area contributed by atoms with Gasteiger partial charge in [-0.25, -0.2) is 0 Å². The molecule has 19 heavy (non-hydrogen) atoms. The molecule has 0 aliphatic heterocycles. The van der Waals surface area contributed by atoms with Crippen LogP contribution >= 0.6 is 0 Å². The SMILES string of the molecule is Cc1nnc([C@@H](C)Oc2ccc(OC(C)C)cc2)o1. The Morgan fingerprint density at radius 1 is 0.947 bits per heavy atom. The van der Waals surface area contributed by atoms with E-state index in [0.29, 0.717) is 11.8 Å². The Kier molecular flexibility index (Phi) is 4.04. The third-order valence-electron chi connectivity index (χ3n) is 2.40. The molecule has 1 atom stereocenters. The van der Waals surface area contributed by atoms with Crippen LogP contribution in [0.4, 0.5) is 0 Å². The van der Waals surface area contributed by atoms with Gasteiger partial charge in [-0.15, -0.1) is 10.2 Å². The molecular weight excluding hydrogens is 244 g/mol. The lowest BCUT2D eigenvalue weighted by atomic mass is 10.3. The maximum Gasteiger partial charge on any atom is 0.256 e. The topological polar surface area (TPSA) is 57.4 Å². The van der Waals surface area contributed by atoms with Crippen LogP contribution in [0.15, 0.2) is 28.7 Å². The van der Waals surface area contributed by atoms with Crippen LogP contribution in [-0.2, 0) is 0 Å². The standard InChI is InChI=1S/C14H18N2O3/c1-9(2)17-12-5-7-13(8-6-12)18-10(3)14-16-15-11(4)19-14/h5-10H,1-4H3/t10-/m1/s1. The van der Waals surface area contributed by atoms with Crippen molar-refractivity contribution < 1.29 is 13.9 Å². The molecule has 0 aliphatic carbocycles. The van der Waals surface area contributed by atoms with Crippen molar-refractivity contribution in [2.24, 2.45) is 0 Å². The largest absolute Gasteiger partial charge is 0.491 e. The molecule has 2 aromatic rings. The van der Waals surface area contributed by atoms with Gasteiger partial charge in [-0.05, 0) is 45.0 Å². The fraction of sp³-hybridized carbons (Fsp3) is 0.429. The Morgan fingerprint density at radius 3 is 2.00 bits per heavy atom. The molecule has 0 unspecified atom stereocenters. The van der Waals surface area contributed by atoms with E-state index in [2.05, 4.69) is 10.2 Å². The molecule has 0 fully saturated rings. The van der Waals surface area contributed by atoms with Gasteiger partial charge in [-0.1, -0.05) is 0 Å². The Bertz CT molecular complexity index is 520. The Morgan fingerprint density at radius 2 is 1.53 bits per heavy atom. The van der Waals surface area contributed by atoms with Crippen LogP contribution in [0.2, 0.25) is 0 Å². The summed E-state index contributed by atoms with van der Waals surface area (Å²) in [5, 5.41) is 7.71. The van der Waals surface area contributed by atoms with Gasteiger partial charge in [0.25, 0.3) is 5.89 Å².